The lowest BCUT2D eigenvalue weighted by atomic mass is 9.94. The van der Waals surface area contributed by atoms with E-state index in [1.807, 2.05) is 0 Å². The summed E-state index contributed by atoms with van der Waals surface area (Å²) in [7, 11) is -11.0. The molecule has 63 heavy (non-hydrogen) atoms. The van der Waals surface area contributed by atoms with Gasteiger partial charge < -0.3 is 79.1 Å². The Morgan fingerprint density at radius 3 is 1.46 bits per heavy atom. The molecule has 4 aliphatic rings. The van der Waals surface area contributed by atoms with Crippen LogP contribution in [0.5, 0.6) is 0 Å². The van der Waals surface area contributed by atoms with Gasteiger partial charge in [0.2, 0.25) is 0 Å². The second-order valence-electron chi connectivity index (χ2n) is 13.3. The summed E-state index contributed by atoms with van der Waals surface area (Å²) in [5.74, 6) is -3.86. The van der Waals surface area contributed by atoms with Crippen molar-refractivity contribution in [3.63, 3.8) is 0 Å². The number of ether oxygens (including phenoxy) is 7. The molecule has 368 valence electrons. The van der Waals surface area contributed by atoms with Crippen LogP contribution in [-0.2, 0) is 90.7 Å². The van der Waals surface area contributed by atoms with Crippen molar-refractivity contribution >= 4 is 57.2 Å². The third kappa shape index (κ3) is 13.8. The van der Waals surface area contributed by atoms with Gasteiger partial charge in [-0.3, -0.25) is 9.11 Å². The minimum atomic E-state index is -5.71. The van der Waals surface area contributed by atoms with Gasteiger partial charge in [-0.1, -0.05) is 10.1 Å². The standard InChI is InChI=1S/C25H42N2O32S4/c1-4-14(54-62(41,42)43)12(33)16(19(47-4)21(35)36)51-24-8(27-61-59-57-40)11(32)15(6(3-29)49-24)50-25-18(55-63(44,45)46)13(34)17(20(53-25)22(37)38)52-23-7(26-60-58-56-39)10(31)9(30)5(2-28)48-23/h4-20,23-34,39-40H,2-3H2,1H3,(H,35,36)(H,37,38)(H,41,42,43)(H,44,45,46)/t4-,5?,6?,7?,8?,9-,10-,11-,12?,13+,14?,15-,16-,17+,18?,19-,20?,23-,24-,25-/m1/s1. The Hall–Kier alpha value is -1.50. The fourth-order valence-corrected chi connectivity index (χ4v) is 8.53. The summed E-state index contributed by atoms with van der Waals surface area (Å²) in [5, 5.41) is 119. The van der Waals surface area contributed by atoms with Gasteiger partial charge in [0.15, 0.2) is 37.2 Å². The summed E-state index contributed by atoms with van der Waals surface area (Å²) in [6.07, 6.45) is -39.3. The quantitative estimate of drug-likeness (QED) is 0.0120. The average molecular weight is 1010 g/mol. The first kappa shape index (κ1) is 54.1. The molecule has 4 fully saturated rings. The van der Waals surface area contributed by atoms with Crippen molar-refractivity contribution in [2.75, 3.05) is 13.2 Å². The van der Waals surface area contributed by atoms with E-state index in [4.69, 9.17) is 43.7 Å². The zero-order valence-electron chi connectivity index (χ0n) is 31.2. The summed E-state index contributed by atoms with van der Waals surface area (Å²) >= 11 is -0.0286. The van der Waals surface area contributed by atoms with Crippen molar-refractivity contribution in [3.05, 3.63) is 0 Å². The highest BCUT2D eigenvalue weighted by Gasteiger charge is 2.58. The summed E-state index contributed by atoms with van der Waals surface area (Å²) in [6.45, 7) is -1.20. The molecule has 4 rings (SSSR count). The number of aliphatic hydroxyl groups excluding tert-OH is 7. The molecule has 4 saturated heterocycles. The van der Waals surface area contributed by atoms with E-state index in [2.05, 4.69) is 36.6 Å². The number of aliphatic carboxylic acids is 2. The lowest BCUT2D eigenvalue weighted by Gasteiger charge is -2.49. The van der Waals surface area contributed by atoms with Gasteiger partial charge in [0.25, 0.3) is 0 Å². The molecule has 4 aliphatic heterocycles. The van der Waals surface area contributed by atoms with Gasteiger partial charge in [0.1, 0.15) is 91.6 Å². The fourth-order valence-electron chi connectivity index (χ4n) is 6.63. The second-order valence-corrected chi connectivity index (χ2v) is 16.5. The fraction of sp³-hybridized carbons (Fsp3) is 0.920. The monoisotopic (exact) mass is 1010 g/mol. The highest BCUT2D eigenvalue weighted by atomic mass is 32.3. The average Bonchev–Trinajstić information content (AvgIpc) is 3.19. The van der Waals surface area contributed by atoms with Gasteiger partial charge in [0.05, 0.1) is 31.4 Å². The molecule has 0 aromatic rings. The maximum Gasteiger partial charge on any atom is 0.397 e. The van der Waals surface area contributed by atoms with E-state index in [9.17, 15) is 81.5 Å². The smallest absolute Gasteiger partial charge is 0.397 e. The van der Waals surface area contributed by atoms with E-state index < -0.39 is 168 Å². The van der Waals surface area contributed by atoms with Gasteiger partial charge in [-0.05, 0) is 6.92 Å². The van der Waals surface area contributed by atoms with Crippen LogP contribution >= 0.6 is 24.5 Å². The third-order valence-corrected chi connectivity index (χ3v) is 11.3. The molecule has 0 amide bonds. The molecule has 0 radical (unpaired) electrons. The number of rotatable bonds is 22. The minimum Gasteiger partial charge on any atom is -0.479 e. The highest BCUT2D eigenvalue weighted by Crippen LogP contribution is 2.37. The molecule has 0 saturated carbocycles. The normalized spacial score (nSPS) is 41.6. The van der Waals surface area contributed by atoms with E-state index >= 15 is 0 Å². The Labute approximate surface area is 360 Å². The van der Waals surface area contributed by atoms with Crippen molar-refractivity contribution in [3.8, 4) is 0 Å². The van der Waals surface area contributed by atoms with Gasteiger partial charge in [-0.2, -0.15) is 16.8 Å². The number of hydrogen-bond donors (Lipinski definition) is 15. The van der Waals surface area contributed by atoms with Crippen LogP contribution in [0.4, 0.5) is 0 Å². The first-order chi connectivity index (χ1) is 29.5. The maximum atomic E-state index is 12.6. The van der Waals surface area contributed by atoms with Crippen molar-refractivity contribution in [2.45, 2.75) is 129 Å². The number of carbonyl (C=O) groups is 2. The van der Waals surface area contributed by atoms with Crippen LogP contribution in [0.3, 0.4) is 0 Å². The van der Waals surface area contributed by atoms with E-state index in [0.717, 1.165) is 6.92 Å². The Balaban J connectivity index is 1.68. The molecule has 8 unspecified atom stereocenters. The van der Waals surface area contributed by atoms with Crippen LogP contribution in [0.25, 0.3) is 0 Å². The van der Waals surface area contributed by atoms with E-state index in [1.165, 1.54) is 0 Å². The van der Waals surface area contributed by atoms with Crippen LogP contribution in [0.2, 0.25) is 0 Å². The van der Waals surface area contributed by atoms with Crippen LogP contribution in [0.1, 0.15) is 6.92 Å². The summed E-state index contributed by atoms with van der Waals surface area (Å²) in [6, 6.07) is -3.71. The number of aliphatic hydroxyl groups is 7. The molecule has 15 N–H and O–H groups in total. The third-order valence-electron chi connectivity index (χ3n) is 9.37. The Morgan fingerprint density at radius 2 is 1.00 bits per heavy atom. The SMILES string of the molecule is C[C@H]1O[C@@H](C(=O)O)[C@H](O[C@H]2OC(CO)[C@@H](O[C@@H]3OC(C(=O)O)[C@@H](O[C@H]4OC(CO)[C@@H](O)[C@H](O)C4NSOOO)[C@H](O)C3OS(=O)(=O)O)[C@H](O)C2NSOOO)C(O)C1OS(=O)(=O)O. The van der Waals surface area contributed by atoms with Crippen LogP contribution in [0, 0.1) is 0 Å². The zero-order chi connectivity index (χ0) is 47.1. The van der Waals surface area contributed by atoms with Gasteiger partial charge in [-0.25, -0.2) is 37.9 Å². The number of hydrogen-bond acceptors (Lipinski definition) is 32. The molecular formula is C25H42N2O32S4. The highest BCUT2D eigenvalue weighted by molar-refractivity contribution is 7.92. The molecule has 0 bridgehead atoms. The van der Waals surface area contributed by atoms with Gasteiger partial charge >= 0.3 is 32.7 Å². The molecule has 0 aromatic heterocycles. The number of carboxylic acid groups (broad SMARTS) is 2. The number of carboxylic acids is 2. The predicted octanol–water partition coefficient (Wildman–Crippen LogP) is -7.68. The molecule has 0 spiro atoms. The lowest BCUT2D eigenvalue weighted by molar-refractivity contribution is -0.432. The molecule has 0 aliphatic carbocycles. The van der Waals surface area contributed by atoms with Crippen LogP contribution in [-0.4, -0.2) is 230 Å². The van der Waals surface area contributed by atoms with Crippen molar-refractivity contribution in [1.29, 1.82) is 0 Å². The summed E-state index contributed by atoms with van der Waals surface area (Å²) in [5.41, 5.74) is 0. The van der Waals surface area contributed by atoms with Gasteiger partial charge in [0, 0.05) is 0 Å². The Kier molecular flexibility index (Phi) is 20.2. The maximum absolute atomic E-state index is 12.6. The van der Waals surface area contributed by atoms with Crippen LogP contribution < -0.4 is 9.44 Å². The molecule has 20 atom stereocenters. The Bertz CT molecular complexity index is 1700. The first-order valence-electron chi connectivity index (χ1n) is 17.2. The van der Waals surface area contributed by atoms with E-state index in [-0.39, 0.29) is 24.5 Å². The molecule has 0 aromatic carbocycles. The predicted molar refractivity (Wildman–Crippen MR) is 186 cm³/mol. The minimum absolute atomic E-state index is 0.0351. The zero-order valence-corrected chi connectivity index (χ0v) is 34.4. The lowest BCUT2D eigenvalue weighted by Crippen LogP contribution is -2.70. The van der Waals surface area contributed by atoms with E-state index in [0.29, 0.717) is 0 Å². The van der Waals surface area contributed by atoms with Crippen molar-refractivity contribution in [1.82, 2.24) is 9.44 Å². The largest absolute Gasteiger partial charge is 0.479 e. The second kappa shape index (κ2) is 23.5. The van der Waals surface area contributed by atoms with Crippen molar-refractivity contribution in [2.24, 2.45) is 0 Å². The van der Waals surface area contributed by atoms with Gasteiger partial charge in [-0.15, -0.1) is 8.67 Å². The molecule has 34 nitrogen and oxygen atoms in total. The number of nitrogens with one attached hydrogen (secondary N) is 2. The summed E-state index contributed by atoms with van der Waals surface area (Å²) in [4.78, 5) is 24.7. The van der Waals surface area contributed by atoms with E-state index in [1.54, 1.807) is 0 Å². The molecule has 38 heteroatoms. The summed E-state index contributed by atoms with van der Waals surface area (Å²) < 4.78 is 126. The first-order valence-corrected chi connectivity index (χ1v) is 21.5. The van der Waals surface area contributed by atoms with Crippen LogP contribution in [0.15, 0.2) is 0 Å². The topological polar surface area (TPSA) is 509 Å². The molecular weight excluding hydrogens is 969 g/mol. The molecule has 4 heterocycles. The Morgan fingerprint density at radius 1 is 0.571 bits per heavy atom. The van der Waals surface area contributed by atoms with Crippen molar-refractivity contribution < 1.29 is 152 Å².